The first-order valence-corrected chi connectivity index (χ1v) is 8.31. The first-order valence-electron chi connectivity index (χ1n) is 7.51. The topological polar surface area (TPSA) is 57.6 Å². The first kappa shape index (κ1) is 17.0. The molecule has 1 aromatic carbocycles. The molecule has 22 heavy (non-hydrogen) atoms. The average Bonchev–Trinajstić information content (AvgIpc) is 2.46. The second kappa shape index (κ2) is 6.41. The zero-order valence-electron chi connectivity index (χ0n) is 13.2. The molecule has 1 amide bonds. The summed E-state index contributed by atoms with van der Waals surface area (Å²) in [6.45, 7) is 6.78. The number of hydrogen-bond donors (Lipinski definition) is 1. The molecule has 1 aliphatic rings. The molecule has 2 rings (SSSR count). The third-order valence-electron chi connectivity index (χ3n) is 4.61. The monoisotopic (exact) mass is 367 g/mol. The van der Waals surface area contributed by atoms with E-state index in [0.29, 0.717) is 19.5 Å². The number of nitrogens with zero attached hydrogens (tertiary/aromatic N) is 1. The number of carboxylic acids is 1. The van der Waals surface area contributed by atoms with Crippen LogP contribution in [0.4, 0.5) is 0 Å². The van der Waals surface area contributed by atoms with Crippen LogP contribution in [0.5, 0.6) is 0 Å². The molecule has 5 heteroatoms. The number of carbonyl (C=O) groups excluding carboxylic acids is 1. The van der Waals surface area contributed by atoms with Gasteiger partial charge in [-0.3, -0.25) is 9.59 Å². The largest absolute Gasteiger partial charge is 0.481 e. The van der Waals surface area contributed by atoms with Gasteiger partial charge >= 0.3 is 5.97 Å². The third-order valence-corrected chi connectivity index (χ3v) is 5.14. The Morgan fingerprint density at radius 1 is 1.27 bits per heavy atom. The minimum absolute atomic E-state index is 0.0177. The van der Waals surface area contributed by atoms with Crippen LogP contribution in [0.2, 0.25) is 0 Å². The maximum atomic E-state index is 12.9. The lowest BCUT2D eigenvalue weighted by atomic mass is 9.81. The van der Waals surface area contributed by atoms with E-state index in [1.807, 2.05) is 49.9 Å². The Hall–Kier alpha value is -1.36. The summed E-state index contributed by atoms with van der Waals surface area (Å²) in [5, 5.41) is 9.19. The van der Waals surface area contributed by atoms with E-state index in [0.717, 1.165) is 10.0 Å². The molecule has 0 aliphatic carbocycles. The highest BCUT2D eigenvalue weighted by atomic mass is 79.9. The van der Waals surface area contributed by atoms with E-state index < -0.39 is 11.4 Å². The van der Waals surface area contributed by atoms with Crippen molar-refractivity contribution in [1.29, 1.82) is 0 Å². The third kappa shape index (κ3) is 3.35. The van der Waals surface area contributed by atoms with Crippen molar-refractivity contribution >= 4 is 27.8 Å². The van der Waals surface area contributed by atoms with Crippen LogP contribution in [0, 0.1) is 11.8 Å². The molecule has 0 spiro atoms. The number of aliphatic carboxylic acids is 1. The predicted molar refractivity (Wildman–Crippen MR) is 88.7 cm³/mol. The highest BCUT2D eigenvalue weighted by molar-refractivity contribution is 9.10. The molecule has 2 unspecified atom stereocenters. The van der Waals surface area contributed by atoms with Gasteiger partial charge in [-0.1, -0.05) is 35.0 Å². The van der Waals surface area contributed by atoms with Gasteiger partial charge in [0.2, 0.25) is 5.91 Å². The maximum absolute atomic E-state index is 12.9. The number of carbonyl (C=O) groups is 2. The number of benzene rings is 1. The minimum atomic E-state index is -0.758. The van der Waals surface area contributed by atoms with E-state index in [4.69, 9.17) is 0 Å². The van der Waals surface area contributed by atoms with Crippen molar-refractivity contribution < 1.29 is 14.7 Å². The van der Waals surface area contributed by atoms with Crippen LogP contribution in [0.3, 0.4) is 0 Å². The van der Waals surface area contributed by atoms with Crippen molar-refractivity contribution in [3.05, 3.63) is 34.3 Å². The van der Waals surface area contributed by atoms with Gasteiger partial charge in [0.25, 0.3) is 0 Å². The van der Waals surface area contributed by atoms with Gasteiger partial charge in [-0.25, -0.2) is 0 Å². The van der Waals surface area contributed by atoms with E-state index in [1.54, 1.807) is 0 Å². The van der Waals surface area contributed by atoms with Gasteiger partial charge in [-0.05, 0) is 43.9 Å². The second-order valence-corrected chi connectivity index (χ2v) is 7.51. The highest BCUT2D eigenvalue weighted by Gasteiger charge is 2.39. The summed E-state index contributed by atoms with van der Waals surface area (Å²) in [5.41, 5.74) is 0.352. The van der Waals surface area contributed by atoms with Crippen LogP contribution in [0.15, 0.2) is 28.7 Å². The minimum Gasteiger partial charge on any atom is -0.481 e. The average molecular weight is 368 g/mol. The van der Waals surface area contributed by atoms with Gasteiger partial charge in [-0.15, -0.1) is 0 Å². The summed E-state index contributed by atoms with van der Waals surface area (Å²) in [7, 11) is 0. The van der Waals surface area contributed by atoms with Crippen molar-refractivity contribution in [3.8, 4) is 0 Å². The molecule has 1 aromatic rings. The quantitative estimate of drug-likeness (QED) is 0.891. The van der Waals surface area contributed by atoms with E-state index >= 15 is 0 Å². The van der Waals surface area contributed by atoms with Crippen LogP contribution in [0.1, 0.15) is 32.8 Å². The van der Waals surface area contributed by atoms with Crippen molar-refractivity contribution in [1.82, 2.24) is 4.90 Å². The normalized spacial score (nSPS) is 22.5. The van der Waals surface area contributed by atoms with Crippen LogP contribution in [0.25, 0.3) is 0 Å². The van der Waals surface area contributed by atoms with E-state index in [1.165, 1.54) is 0 Å². The van der Waals surface area contributed by atoms with E-state index in [2.05, 4.69) is 15.9 Å². The van der Waals surface area contributed by atoms with Crippen LogP contribution in [-0.2, 0) is 15.0 Å². The first-order chi connectivity index (χ1) is 10.2. The summed E-state index contributed by atoms with van der Waals surface area (Å²) in [4.78, 5) is 25.9. The lowest BCUT2D eigenvalue weighted by Gasteiger charge is -2.39. The van der Waals surface area contributed by atoms with E-state index in [-0.39, 0.29) is 17.7 Å². The SMILES string of the molecule is CC1CN(C(=O)C(C)(C)c2ccc(Br)cc2)CCC1C(=O)O. The number of hydrogen-bond acceptors (Lipinski definition) is 2. The summed E-state index contributed by atoms with van der Waals surface area (Å²) in [6.07, 6.45) is 0.526. The molecule has 1 fully saturated rings. The standard InChI is InChI=1S/C17H22BrNO3/c1-11-10-19(9-8-14(11)15(20)21)16(22)17(2,3)12-4-6-13(18)7-5-12/h4-7,11,14H,8-10H2,1-3H3,(H,20,21). The number of carboxylic acid groups (broad SMARTS) is 1. The van der Waals surface area contributed by atoms with Crippen LogP contribution >= 0.6 is 15.9 Å². The fraction of sp³-hybridized carbons (Fsp3) is 0.529. The molecule has 0 saturated carbocycles. The van der Waals surface area contributed by atoms with Gasteiger partial charge in [0, 0.05) is 17.6 Å². The van der Waals surface area contributed by atoms with Gasteiger partial charge in [0.1, 0.15) is 0 Å². The number of piperidine rings is 1. The summed E-state index contributed by atoms with van der Waals surface area (Å²) >= 11 is 3.40. The van der Waals surface area contributed by atoms with Gasteiger partial charge < -0.3 is 10.0 Å². The van der Waals surface area contributed by atoms with E-state index in [9.17, 15) is 14.7 Å². The Balaban J connectivity index is 2.14. The van der Waals surface area contributed by atoms with Crippen LogP contribution in [-0.4, -0.2) is 35.0 Å². The molecular formula is C17H22BrNO3. The molecule has 0 bridgehead atoms. The predicted octanol–water partition coefficient (Wildman–Crippen LogP) is 3.30. The molecule has 120 valence electrons. The summed E-state index contributed by atoms with van der Waals surface area (Å²) < 4.78 is 0.982. The Morgan fingerprint density at radius 2 is 1.86 bits per heavy atom. The summed E-state index contributed by atoms with van der Waals surface area (Å²) in [5.74, 6) is -1.06. The summed E-state index contributed by atoms with van der Waals surface area (Å²) in [6, 6.07) is 7.78. The Morgan fingerprint density at radius 3 is 2.36 bits per heavy atom. The number of halogens is 1. The second-order valence-electron chi connectivity index (χ2n) is 6.59. The smallest absolute Gasteiger partial charge is 0.306 e. The fourth-order valence-electron chi connectivity index (χ4n) is 3.08. The molecule has 1 N–H and O–H groups in total. The maximum Gasteiger partial charge on any atom is 0.306 e. The molecular weight excluding hydrogens is 346 g/mol. The Bertz CT molecular complexity index is 568. The number of amides is 1. The van der Waals surface area contributed by atoms with Crippen molar-refractivity contribution in [2.24, 2.45) is 11.8 Å². The molecule has 1 heterocycles. The Labute approximate surface area is 139 Å². The molecule has 2 atom stereocenters. The highest BCUT2D eigenvalue weighted by Crippen LogP contribution is 2.31. The van der Waals surface area contributed by atoms with Crippen molar-refractivity contribution in [2.75, 3.05) is 13.1 Å². The van der Waals surface area contributed by atoms with Crippen molar-refractivity contribution in [2.45, 2.75) is 32.6 Å². The molecule has 4 nitrogen and oxygen atoms in total. The lowest BCUT2D eigenvalue weighted by Crippen LogP contribution is -2.50. The zero-order valence-corrected chi connectivity index (χ0v) is 14.8. The molecule has 0 radical (unpaired) electrons. The fourth-order valence-corrected chi connectivity index (χ4v) is 3.35. The molecule has 1 aliphatic heterocycles. The van der Waals surface area contributed by atoms with Gasteiger partial charge in [-0.2, -0.15) is 0 Å². The van der Waals surface area contributed by atoms with Gasteiger partial charge in [0.05, 0.1) is 11.3 Å². The molecule has 0 aromatic heterocycles. The van der Waals surface area contributed by atoms with Crippen molar-refractivity contribution in [3.63, 3.8) is 0 Å². The van der Waals surface area contributed by atoms with Gasteiger partial charge in [0.15, 0.2) is 0 Å². The van der Waals surface area contributed by atoms with Crippen LogP contribution < -0.4 is 0 Å². The number of likely N-dealkylation sites (tertiary alicyclic amines) is 1. The zero-order chi connectivity index (χ0) is 16.5. The Kier molecular flexibility index (Phi) is 4.95. The molecule has 1 saturated heterocycles. The number of rotatable bonds is 3. The lowest BCUT2D eigenvalue weighted by molar-refractivity contribution is -0.149.